The minimum absolute atomic E-state index is 0.00470. The summed E-state index contributed by atoms with van der Waals surface area (Å²) in [5.41, 5.74) is 1.04. The van der Waals surface area contributed by atoms with Crippen molar-refractivity contribution in [2.45, 2.75) is 16.2 Å². The van der Waals surface area contributed by atoms with E-state index in [-0.39, 0.29) is 27.6 Å². The van der Waals surface area contributed by atoms with E-state index < -0.39 is 21.6 Å². The number of fused-ring (bicyclic) bond motifs is 1. The zero-order chi connectivity index (χ0) is 23.9. The molecular weight excluding hydrogens is 469 g/mol. The van der Waals surface area contributed by atoms with Crippen molar-refractivity contribution in [3.63, 3.8) is 0 Å². The predicted octanol–water partition coefficient (Wildman–Crippen LogP) is 3.68. The van der Waals surface area contributed by atoms with Crippen LogP contribution in [0.1, 0.15) is 5.56 Å². The lowest BCUT2D eigenvalue weighted by Gasteiger charge is -2.14. The first-order valence-electron chi connectivity index (χ1n) is 9.83. The molecule has 1 N–H and O–H groups in total. The Labute approximate surface area is 194 Å². The maximum Gasteiger partial charge on any atom is 0.328 e. The third-order valence-electron chi connectivity index (χ3n) is 5.37. The smallest absolute Gasteiger partial charge is 0.325 e. The molecule has 0 fully saturated rings. The molecule has 4 rings (SSSR count). The topological polar surface area (TPSA) is 90.2 Å². The number of amides is 1. The third-order valence-corrected chi connectivity index (χ3v) is 7.55. The van der Waals surface area contributed by atoms with E-state index in [1.807, 2.05) is 0 Å². The number of imidazole rings is 1. The van der Waals surface area contributed by atoms with Gasteiger partial charge in [0.15, 0.2) is 0 Å². The van der Waals surface area contributed by atoms with Gasteiger partial charge in [0, 0.05) is 19.1 Å². The van der Waals surface area contributed by atoms with E-state index in [1.165, 1.54) is 28.3 Å². The van der Waals surface area contributed by atoms with Crippen LogP contribution in [0.3, 0.4) is 0 Å². The van der Waals surface area contributed by atoms with Crippen LogP contribution in [0.5, 0.6) is 0 Å². The van der Waals surface area contributed by atoms with Crippen molar-refractivity contribution in [3.05, 3.63) is 87.6 Å². The molecule has 170 valence electrons. The van der Waals surface area contributed by atoms with E-state index in [2.05, 4.69) is 5.32 Å². The van der Waals surface area contributed by atoms with Gasteiger partial charge in [0.05, 0.1) is 32.9 Å². The van der Waals surface area contributed by atoms with Gasteiger partial charge in [-0.1, -0.05) is 29.8 Å². The van der Waals surface area contributed by atoms with Gasteiger partial charge in [-0.15, -0.1) is 0 Å². The van der Waals surface area contributed by atoms with Gasteiger partial charge in [0.2, 0.25) is 15.7 Å². The van der Waals surface area contributed by atoms with E-state index in [1.54, 1.807) is 31.3 Å². The van der Waals surface area contributed by atoms with Gasteiger partial charge < -0.3 is 5.32 Å². The van der Waals surface area contributed by atoms with Gasteiger partial charge in [-0.3, -0.25) is 13.9 Å². The zero-order valence-electron chi connectivity index (χ0n) is 17.7. The Morgan fingerprint density at radius 1 is 1.00 bits per heavy atom. The van der Waals surface area contributed by atoms with Crippen LogP contribution in [0.25, 0.3) is 11.0 Å². The molecule has 0 aliphatic heterocycles. The highest BCUT2D eigenvalue weighted by atomic mass is 35.5. The first-order valence-corrected chi connectivity index (χ1v) is 11.7. The van der Waals surface area contributed by atoms with Gasteiger partial charge in [-0.05, 0) is 48.0 Å². The molecule has 1 aromatic heterocycles. The lowest BCUT2D eigenvalue weighted by Crippen LogP contribution is -2.19. The maximum absolute atomic E-state index is 13.4. The van der Waals surface area contributed by atoms with Crippen LogP contribution in [-0.2, 0) is 35.1 Å². The summed E-state index contributed by atoms with van der Waals surface area (Å²) in [4.78, 5) is 24.8. The summed E-state index contributed by atoms with van der Waals surface area (Å²) in [6.45, 7) is 0. The Bertz CT molecular complexity index is 1560. The van der Waals surface area contributed by atoms with Gasteiger partial charge >= 0.3 is 5.69 Å². The van der Waals surface area contributed by atoms with Crippen molar-refractivity contribution in [3.8, 4) is 0 Å². The molecule has 0 saturated carbocycles. The van der Waals surface area contributed by atoms with Crippen molar-refractivity contribution in [2.75, 3.05) is 5.32 Å². The highest BCUT2D eigenvalue weighted by Crippen LogP contribution is 2.32. The number of nitrogens with zero attached hydrogens (tertiary/aromatic N) is 2. The summed E-state index contributed by atoms with van der Waals surface area (Å²) in [5, 5.41) is 3.06. The molecule has 3 aromatic carbocycles. The number of aromatic nitrogens is 2. The molecule has 0 spiro atoms. The highest BCUT2D eigenvalue weighted by molar-refractivity contribution is 7.91. The lowest BCUT2D eigenvalue weighted by atomic mass is 10.1. The second kappa shape index (κ2) is 8.49. The number of nitrogens with one attached hydrogen (secondary N) is 1. The molecule has 0 aliphatic carbocycles. The molecule has 0 atom stereocenters. The standard InChI is InChI=1S/C23H19ClFN3O4S/c1-27-19-12-18(26-22(29)11-14-5-3-4-6-17(14)24)21(13-20(19)28(2)23(27)30)33(31,32)16-9-7-15(25)8-10-16/h3-10,12-13H,11H2,1-2H3,(H,26,29). The molecule has 0 radical (unpaired) electrons. The van der Waals surface area contributed by atoms with E-state index in [9.17, 15) is 22.4 Å². The first-order chi connectivity index (χ1) is 15.6. The number of anilines is 1. The van der Waals surface area contributed by atoms with Gasteiger partial charge in [-0.25, -0.2) is 17.6 Å². The van der Waals surface area contributed by atoms with Crippen molar-refractivity contribution in [1.82, 2.24) is 9.13 Å². The summed E-state index contributed by atoms with van der Waals surface area (Å²) in [6.07, 6.45) is -0.0819. The summed E-state index contributed by atoms with van der Waals surface area (Å²) < 4.78 is 42.9. The zero-order valence-corrected chi connectivity index (χ0v) is 19.2. The molecule has 1 heterocycles. The highest BCUT2D eigenvalue weighted by Gasteiger charge is 2.25. The Morgan fingerprint density at radius 3 is 2.24 bits per heavy atom. The average Bonchev–Trinajstić information content (AvgIpc) is 2.98. The maximum atomic E-state index is 13.4. The third kappa shape index (κ3) is 4.17. The minimum atomic E-state index is -4.16. The monoisotopic (exact) mass is 487 g/mol. The molecule has 0 bridgehead atoms. The molecule has 0 saturated heterocycles. The molecule has 1 amide bonds. The fourth-order valence-electron chi connectivity index (χ4n) is 3.60. The van der Waals surface area contributed by atoms with Crippen molar-refractivity contribution in [2.24, 2.45) is 14.1 Å². The van der Waals surface area contributed by atoms with Crippen LogP contribution in [-0.4, -0.2) is 23.5 Å². The van der Waals surface area contributed by atoms with Gasteiger partial charge in [-0.2, -0.15) is 0 Å². The Morgan fingerprint density at radius 2 is 1.61 bits per heavy atom. The Balaban J connectivity index is 1.85. The van der Waals surface area contributed by atoms with Crippen LogP contribution >= 0.6 is 11.6 Å². The number of sulfone groups is 1. The van der Waals surface area contributed by atoms with Crippen LogP contribution in [0.2, 0.25) is 5.02 Å². The normalized spacial score (nSPS) is 11.6. The average molecular weight is 488 g/mol. The minimum Gasteiger partial charge on any atom is -0.325 e. The van der Waals surface area contributed by atoms with Crippen molar-refractivity contribution < 1.29 is 17.6 Å². The number of aryl methyl sites for hydroxylation is 2. The van der Waals surface area contributed by atoms with Crippen LogP contribution in [0.15, 0.2) is 75.2 Å². The predicted molar refractivity (Wildman–Crippen MR) is 124 cm³/mol. The number of halogens is 2. The number of carbonyl (C=O) groups is 1. The quantitative estimate of drug-likeness (QED) is 0.435. The van der Waals surface area contributed by atoms with Crippen molar-refractivity contribution >= 4 is 44.1 Å². The number of hydrogen-bond acceptors (Lipinski definition) is 4. The van der Waals surface area contributed by atoms with E-state index >= 15 is 0 Å². The van der Waals surface area contributed by atoms with Crippen molar-refractivity contribution in [1.29, 1.82) is 0 Å². The summed E-state index contributed by atoms with van der Waals surface area (Å²) in [6, 6.07) is 14.0. The molecule has 4 aromatic rings. The van der Waals surface area contributed by atoms with Gasteiger partial charge in [0.25, 0.3) is 0 Å². The second-order valence-corrected chi connectivity index (χ2v) is 9.84. The molecule has 10 heteroatoms. The number of rotatable bonds is 5. The molecule has 7 nitrogen and oxygen atoms in total. The van der Waals surface area contributed by atoms with Crippen LogP contribution < -0.4 is 11.0 Å². The number of benzene rings is 3. The largest absolute Gasteiger partial charge is 0.328 e. The molecule has 33 heavy (non-hydrogen) atoms. The fraction of sp³-hybridized carbons (Fsp3) is 0.130. The Kier molecular flexibility index (Phi) is 5.85. The van der Waals surface area contributed by atoms with E-state index in [0.29, 0.717) is 21.6 Å². The molecule has 0 unspecified atom stereocenters. The number of carbonyl (C=O) groups excluding carboxylic acids is 1. The molecular formula is C23H19ClFN3O4S. The summed E-state index contributed by atoms with van der Waals surface area (Å²) >= 11 is 6.14. The molecule has 0 aliphatic rings. The Hall–Kier alpha value is -3.43. The SMILES string of the molecule is Cn1c(=O)n(C)c2cc(S(=O)(=O)c3ccc(F)cc3)c(NC(=O)Cc3ccccc3Cl)cc21. The van der Waals surface area contributed by atoms with Crippen LogP contribution in [0, 0.1) is 5.82 Å². The first kappa shape index (κ1) is 22.8. The fourth-order valence-corrected chi connectivity index (χ4v) is 5.21. The van der Waals surface area contributed by atoms with Crippen LogP contribution in [0.4, 0.5) is 10.1 Å². The second-order valence-electron chi connectivity index (χ2n) is 7.51. The van der Waals surface area contributed by atoms with E-state index in [4.69, 9.17) is 11.6 Å². The van der Waals surface area contributed by atoms with E-state index in [0.717, 1.165) is 24.3 Å². The lowest BCUT2D eigenvalue weighted by molar-refractivity contribution is -0.115. The summed E-state index contributed by atoms with van der Waals surface area (Å²) in [5.74, 6) is -1.07. The summed E-state index contributed by atoms with van der Waals surface area (Å²) in [7, 11) is -1.08. The number of hydrogen-bond donors (Lipinski definition) is 1. The van der Waals surface area contributed by atoms with Gasteiger partial charge in [0.1, 0.15) is 5.82 Å².